The molecule has 3 aromatic rings. The summed E-state index contributed by atoms with van der Waals surface area (Å²) in [7, 11) is 2.38. The van der Waals surface area contributed by atoms with E-state index in [0.29, 0.717) is 36.4 Å². The summed E-state index contributed by atoms with van der Waals surface area (Å²) in [5.41, 5.74) is 0.606. The van der Waals surface area contributed by atoms with Crippen LogP contribution in [0.5, 0.6) is 11.5 Å². The van der Waals surface area contributed by atoms with Gasteiger partial charge in [-0.25, -0.2) is 4.98 Å². The molecule has 39 heavy (non-hydrogen) atoms. The normalized spacial score (nSPS) is 11.4. The maximum atomic E-state index is 12.7. The number of halogens is 1. The first-order chi connectivity index (χ1) is 18.5. The zero-order chi connectivity index (χ0) is 28.6. The van der Waals surface area contributed by atoms with Gasteiger partial charge in [0.05, 0.1) is 36.2 Å². The van der Waals surface area contributed by atoms with E-state index in [0.717, 1.165) is 0 Å². The van der Waals surface area contributed by atoms with Crippen LogP contribution in [0.1, 0.15) is 0 Å². The second kappa shape index (κ2) is 13.6. The molecule has 0 atom stereocenters. The number of nitrogens with one attached hydrogen (secondary N) is 2. The van der Waals surface area contributed by atoms with Crippen molar-refractivity contribution < 1.29 is 23.7 Å². The lowest BCUT2D eigenvalue weighted by molar-refractivity contribution is -0.385. The second-order valence-corrected chi connectivity index (χ2v) is 12.5. The van der Waals surface area contributed by atoms with Crippen LogP contribution in [0, 0.1) is 10.1 Å². The first-order valence-electron chi connectivity index (χ1n) is 11.9. The van der Waals surface area contributed by atoms with Crippen molar-refractivity contribution in [3.05, 3.63) is 57.7 Å². The van der Waals surface area contributed by atoms with E-state index < -0.39 is 12.1 Å². The van der Waals surface area contributed by atoms with E-state index in [1.807, 2.05) is 11.9 Å². The molecule has 0 aliphatic rings. The number of aromatic nitrogens is 2. The van der Waals surface area contributed by atoms with Crippen LogP contribution in [-0.4, -0.2) is 80.7 Å². The molecule has 1 aromatic heterocycles. The number of hydrogen-bond donors (Lipinski definition) is 2. The van der Waals surface area contributed by atoms with Crippen molar-refractivity contribution in [1.29, 1.82) is 0 Å². The Morgan fingerprint density at radius 2 is 1.79 bits per heavy atom. The molecule has 0 aliphatic carbocycles. The molecule has 1 heterocycles. The fourth-order valence-corrected chi connectivity index (χ4v) is 4.85. The van der Waals surface area contributed by atoms with Gasteiger partial charge in [0.15, 0.2) is 5.82 Å². The fourth-order valence-electron chi connectivity index (χ4n) is 3.56. The molecule has 2 N–H and O–H groups in total. The summed E-state index contributed by atoms with van der Waals surface area (Å²) < 4.78 is 29.0. The molecule has 0 bridgehead atoms. The van der Waals surface area contributed by atoms with Gasteiger partial charge in [-0.05, 0) is 32.5 Å². The third-order valence-electron chi connectivity index (χ3n) is 5.61. The average Bonchev–Trinajstić information content (AvgIpc) is 2.89. The average molecular weight is 579 g/mol. The van der Waals surface area contributed by atoms with Crippen LogP contribution in [0.4, 0.5) is 28.8 Å². The number of benzene rings is 2. The molecular weight excluding hydrogens is 547 g/mol. The minimum absolute atomic E-state index is 0.0714. The van der Waals surface area contributed by atoms with E-state index in [1.165, 1.54) is 25.4 Å². The highest BCUT2D eigenvalue weighted by molar-refractivity contribution is 7.70. The molecule has 0 radical (unpaired) electrons. The van der Waals surface area contributed by atoms with Crippen LogP contribution in [-0.2, 0) is 9.30 Å². The van der Waals surface area contributed by atoms with Crippen molar-refractivity contribution in [1.82, 2.24) is 14.9 Å². The lowest BCUT2D eigenvalue weighted by Gasteiger charge is -2.17. The monoisotopic (exact) mass is 578 g/mol. The molecule has 0 saturated carbocycles. The third kappa shape index (κ3) is 8.27. The molecular formula is C25H32ClN6O6P. The molecule has 210 valence electrons. The molecule has 2 aromatic carbocycles. The van der Waals surface area contributed by atoms with Gasteiger partial charge in [-0.3, -0.25) is 10.1 Å². The molecule has 0 fully saturated rings. The topological polar surface area (TPSA) is 141 Å². The number of anilines is 4. The van der Waals surface area contributed by atoms with Gasteiger partial charge in [-0.15, -0.1) is 0 Å². The third-order valence-corrected chi connectivity index (χ3v) is 7.44. The lowest BCUT2D eigenvalue weighted by Crippen LogP contribution is -2.27. The van der Waals surface area contributed by atoms with E-state index in [9.17, 15) is 14.7 Å². The Kier molecular flexibility index (Phi) is 10.5. The van der Waals surface area contributed by atoms with Crippen molar-refractivity contribution >= 4 is 52.9 Å². The number of rotatable bonds is 14. The molecule has 3 rings (SSSR count). The van der Waals surface area contributed by atoms with Gasteiger partial charge < -0.3 is 34.3 Å². The highest BCUT2D eigenvalue weighted by atomic mass is 35.5. The van der Waals surface area contributed by atoms with Crippen LogP contribution >= 0.6 is 18.7 Å². The van der Waals surface area contributed by atoms with Crippen LogP contribution in [0.2, 0.25) is 5.02 Å². The maximum absolute atomic E-state index is 12.7. The van der Waals surface area contributed by atoms with Crippen molar-refractivity contribution in [2.75, 3.05) is 71.5 Å². The molecule has 0 saturated heterocycles. The Hall–Kier alpha value is -3.44. The molecule has 0 unspecified atom stereocenters. The number of hydrogen-bond acceptors (Lipinski definition) is 11. The van der Waals surface area contributed by atoms with E-state index in [2.05, 4.69) is 20.6 Å². The van der Waals surface area contributed by atoms with Gasteiger partial charge >= 0.3 is 5.69 Å². The summed E-state index contributed by atoms with van der Waals surface area (Å²) in [5, 5.41) is 18.8. The summed E-state index contributed by atoms with van der Waals surface area (Å²) in [6, 6.07) is 9.92. The van der Waals surface area contributed by atoms with Crippen LogP contribution in [0.15, 0.2) is 42.6 Å². The lowest BCUT2D eigenvalue weighted by atomic mass is 10.2. The first kappa shape index (κ1) is 30.1. The Labute approximate surface area is 232 Å². The quantitative estimate of drug-likeness (QED) is 0.156. The standard InChI is InChI=1S/C25H32ClN6O6P/c1-31(10-12-36-2)11-13-38-22-15-21(37-3)19(14-20(22)32(33)34)29-25-27-16-17(26)24(30-25)28-18-8-6-7-9-23(18)39(4,5)35/h6-9,14-16H,10-13H2,1-5H3,(H2,27,28,29,30). The zero-order valence-corrected chi connectivity index (χ0v) is 24.1. The van der Waals surface area contributed by atoms with Gasteiger partial charge in [0.25, 0.3) is 0 Å². The van der Waals surface area contributed by atoms with Crippen molar-refractivity contribution in [2.45, 2.75) is 0 Å². The molecule has 0 spiro atoms. The number of nitro benzene ring substituents is 1. The smallest absolute Gasteiger partial charge is 0.313 e. The largest absolute Gasteiger partial charge is 0.494 e. The summed E-state index contributed by atoms with van der Waals surface area (Å²) in [6.45, 7) is 5.40. The van der Waals surface area contributed by atoms with E-state index in [1.54, 1.807) is 44.7 Å². The van der Waals surface area contributed by atoms with Crippen LogP contribution in [0.3, 0.4) is 0 Å². The Morgan fingerprint density at radius 3 is 2.46 bits per heavy atom. The summed E-state index contributed by atoms with van der Waals surface area (Å²) in [6.07, 6.45) is 1.39. The summed E-state index contributed by atoms with van der Waals surface area (Å²) in [5.74, 6) is 0.736. The number of ether oxygens (including phenoxy) is 3. The van der Waals surface area contributed by atoms with Gasteiger partial charge in [0.1, 0.15) is 24.5 Å². The van der Waals surface area contributed by atoms with Crippen molar-refractivity contribution in [3.63, 3.8) is 0 Å². The van der Waals surface area contributed by atoms with E-state index in [4.69, 9.17) is 25.8 Å². The number of methoxy groups -OCH3 is 2. The molecule has 0 amide bonds. The predicted octanol–water partition coefficient (Wildman–Crippen LogP) is 4.74. The molecule has 14 heteroatoms. The van der Waals surface area contributed by atoms with Crippen LogP contribution in [0.25, 0.3) is 0 Å². The summed E-state index contributed by atoms with van der Waals surface area (Å²) in [4.78, 5) is 21.9. The Balaban J connectivity index is 1.85. The van der Waals surface area contributed by atoms with Gasteiger partial charge in [-0.1, -0.05) is 23.7 Å². The highest BCUT2D eigenvalue weighted by Crippen LogP contribution is 2.40. The van der Waals surface area contributed by atoms with Gasteiger partial charge in [-0.2, -0.15) is 4.98 Å². The number of likely N-dealkylation sites (N-methyl/N-ethyl adjacent to an activating group) is 1. The minimum Gasteiger partial charge on any atom is -0.494 e. The second-order valence-electron chi connectivity index (χ2n) is 8.93. The summed E-state index contributed by atoms with van der Waals surface area (Å²) >= 11 is 6.34. The first-order valence-corrected chi connectivity index (χ1v) is 14.9. The SMILES string of the molecule is COCCN(C)CCOc1cc(OC)c(Nc2ncc(Cl)c(Nc3ccccc3P(C)(C)=O)n2)cc1[N+](=O)[O-]. The predicted molar refractivity (Wildman–Crippen MR) is 154 cm³/mol. The van der Waals surface area contributed by atoms with Crippen molar-refractivity contribution in [3.8, 4) is 11.5 Å². The number of nitrogens with zero attached hydrogens (tertiary/aromatic N) is 4. The minimum atomic E-state index is -2.59. The van der Waals surface area contributed by atoms with Crippen molar-refractivity contribution in [2.24, 2.45) is 0 Å². The fraction of sp³-hybridized carbons (Fsp3) is 0.360. The zero-order valence-electron chi connectivity index (χ0n) is 22.4. The molecule has 0 aliphatic heterocycles. The Morgan fingerprint density at radius 1 is 1.08 bits per heavy atom. The molecule has 12 nitrogen and oxygen atoms in total. The number of nitro groups is 1. The number of para-hydroxylation sites is 1. The van der Waals surface area contributed by atoms with Crippen LogP contribution < -0.4 is 25.4 Å². The van der Waals surface area contributed by atoms with Gasteiger partial charge in [0, 0.05) is 37.6 Å². The maximum Gasteiger partial charge on any atom is 0.313 e. The van der Waals surface area contributed by atoms with Gasteiger partial charge in [0.2, 0.25) is 11.7 Å². The van der Waals surface area contributed by atoms with E-state index >= 15 is 0 Å². The Bertz CT molecular complexity index is 1350. The highest BCUT2D eigenvalue weighted by Gasteiger charge is 2.22. The van der Waals surface area contributed by atoms with E-state index in [-0.39, 0.29) is 40.5 Å².